The van der Waals surface area contributed by atoms with Crippen LogP contribution in [0.15, 0.2) is 0 Å². The zero-order valence-corrected chi connectivity index (χ0v) is 7.70. The Hall–Kier alpha value is -1.10. The van der Waals surface area contributed by atoms with Crippen LogP contribution in [0.2, 0.25) is 0 Å². The van der Waals surface area contributed by atoms with E-state index in [9.17, 15) is 9.59 Å². The van der Waals surface area contributed by atoms with Crippen molar-refractivity contribution >= 4 is 11.9 Å². The van der Waals surface area contributed by atoms with E-state index >= 15 is 0 Å². The molecule has 1 N–H and O–H groups in total. The van der Waals surface area contributed by atoms with Crippen LogP contribution in [0.3, 0.4) is 0 Å². The molecule has 1 saturated heterocycles. The molecule has 0 saturated carbocycles. The molecule has 1 fully saturated rings. The number of esters is 2. The molecule has 0 amide bonds. The smallest absolute Gasteiger partial charge is 0.303 e. The first-order chi connectivity index (χ1) is 6.09. The molecule has 2 atom stereocenters. The van der Waals surface area contributed by atoms with Crippen molar-refractivity contribution < 1.29 is 19.1 Å². The molecule has 1 rings (SSSR count). The van der Waals surface area contributed by atoms with Crippen molar-refractivity contribution in [2.24, 2.45) is 0 Å². The number of hydrogen-bond donors (Lipinski definition) is 1. The average Bonchev–Trinajstić information content (AvgIpc) is 2.34. The molecule has 0 spiro atoms. The minimum Gasteiger partial charge on any atom is -0.457 e. The molecule has 2 unspecified atom stereocenters. The summed E-state index contributed by atoms with van der Waals surface area (Å²) in [4.78, 5) is 21.3. The van der Waals surface area contributed by atoms with Gasteiger partial charge in [-0.15, -0.1) is 0 Å². The Kier molecular flexibility index (Phi) is 3.25. The van der Waals surface area contributed by atoms with Gasteiger partial charge in [0, 0.05) is 26.9 Å². The second-order valence-corrected chi connectivity index (χ2v) is 2.95. The van der Waals surface area contributed by atoms with Crippen LogP contribution in [0, 0.1) is 0 Å². The minimum absolute atomic E-state index is 0.346. The van der Waals surface area contributed by atoms with Crippen LogP contribution in [0.25, 0.3) is 0 Å². The van der Waals surface area contributed by atoms with Crippen molar-refractivity contribution in [1.82, 2.24) is 5.32 Å². The molecular weight excluding hydrogens is 174 g/mol. The van der Waals surface area contributed by atoms with Gasteiger partial charge >= 0.3 is 11.9 Å². The van der Waals surface area contributed by atoms with Gasteiger partial charge in [0.2, 0.25) is 0 Å². The highest BCUT2D eigenvalue weighted by Crippen LogP contribution is 2.09. The minimum atomic E-state index is -0.356. The van der Waals surface area contributed by atoms with Gasteiger partial charge < -0.3 is 14.8 Å². The van der Waals surface area contributed by atoms with E-state index in [2.05, 4.69) is 5.32 Å². The first-order valence-corrected chi connectivity index (χ1v) is 4.14. The van der Waals surface area contributed by atoms with Crippen molar-refractivity contribution in [3.63, 3.8) is 0 Å². The van der Waals surface area contributed by atoms with Crippen LogP contribution >= 0.6 is 0 Å². The zero-order chi connectivity index (χ0) is 9.84. The van der Waals surface area contributed by atoms with Gasteiger partial charge in [0.15, 0.2) is 12.2 Å². The summed E-state index contributed by atoms with van der Waals surface area (Å²) in [7, 11) is 0. The van der Waals surface area contributed by atoms with Crippen molar-refractivity contribution in [1.29, 1.82) is 0 Å². The van der Waals surface area contributed by atoms with Crippen LogP contribution in [0.1, 0.15) is 13.8 Å². The lowest BCUT2D eigenvalue weighted by Crippen LogP contribution is -2.32. The number of nitrogens with one attached hydrogen (secondary N) is 1. The summed E-state index contributed by atoms with van der Waals surface area (Å²) in [5.74, 6) is -0.711. The Balaban J connectivity index is 2.43. The molecule has 74 valence electrons. The molecule has 0 bridgehead atoms. The van der Waals surface area contributed by atoms with E-state index < -0.39 is 0 Å². The van der Waals surface area contributed by atoms with Crippen LogP contribution in [0.4, 0.5) is 0 Å². The molecular formula is C8H13NO4. The van der Waals surface area contributed by atoms with E-state index in [1.54, 1.807) is 0 Å². The maximum absolute atomic E-state index is 10.6. The summed E-state index contributed by atoms with van der Waals surface area (Å²) < 4.78 is 9.89. The summed E-state index contributed by atoms with van der Waals surface area (Å²) in [5, 5.41) is 2.98. The third-order valence-electron chi connectivity index (χ3n) is 1.74. The Bertz CT molecular complexity index is 194. The lowest BCUT2D eigenvalue weighted by molar-refractivity contribution is -0.160. The first kappa shape index (κ1) is 9.98. The molecule has 0 aliphatic carbocycles. The Morgan fingerprint density at radius 3 is 1.77 bits per heavy atom. The summed E-state index contributed by atoms with van der Waals surface area (Å²) >= 11 is 0. The number of carbonyl (C=O) groups is 2. The van der Waals surface area contributed by atoms with Gasteiger partial charge in [0.25, 0.3) is 0 Å². The van der Waals surface area contributed by atoms with E-state index in [1.165, 1.54) is 13.8 Å². The fourth-order valence-electron chi connectivity index (χ4n) is 1.29. The SMILES string of the molecule is CC(=O)OC1CNCC1OC(C)=O. The van der Waals surface area contributed by atoms with Crippen LogP contribution < -0.4 is 5.32 Å². The molecule has 1 aliphatic rings. The molecule has 0 aromatic heterocycles. The van der Waals surface area contributed by atoms with Crippen molar-refractivity contribution in [2.45, 2.75) is 26.1 Å². The van der Waals surface area contributed by atoms with Crippen molar-refractivity contribution in [2.75, 3.05) is 13.1 Å². The van der Waals surface area contributed by atoms with E-state index in [0.29, 0.717) is 13.1 Å². The predicted molar refractivity (Wildman–Crippen MR) is 44.0 cm³/mol. The molecule has 5 heteroatoms. The zero-order valence-electron chi connectivity index (χ0n) is 7.70. The Morgan fingerprint density at radius 2 is 1.46 bits per heavy atom. The number of ether oxygens (including phenoxy) is 2. The normalized spacial score (nSPS) is 26.9. The highest BCUT2D eigenvalue weighted by molar-refractivity contribution is 5.67. The molecule has 0 aromatic rings. The maximum Gasteiger partial charge on any atom is 0.303 e. The third kappa shape index (κ3) is 3.02. The summed E-state index contributed by atoms with van der Waals surface area (Å²) in [6, 6.07) is 0. The van der Waals surface area contributed by atoms with Crippen molar-refractivity contribution in [3.05, 3.63) is 0 Å². The van der Waals surface area contributed by atoms with E-state index in [-0.39, 0.29) is 24.1 Å². The summed E-state index contributed by atoms with van der Waals surface area (Å²) in [6.07, 6.45) is -0.692. The van der Waals surface area contributed by atoms with Crippen LogP contribution in [-0.4, -0.2) is 37.2 Å². The van der Waals surface area contributed by atoms with E-state index in [1.807, 2.05) is 0 Å². The largest absolute Gasteiger partial charge is 0.457 e. The number of carbonyl (C=O) groups excluding carboxylic acids is 2. The Morgan fingerprint density at radius 1 is 1.08 bits per heavy atom. The van der Waals surface area contributed by atoms with E-state index in [4.69, 9.17) is 9.47 Å². The van der Waals surface area contributed by atoms with Gasteiger partial charge in [-0.05, 0) is 0 Å². The standard InChI is InChI=1S/C8H13NO4/c1-5(10)12-7-3-9-4-8(7)13-6(2)11/h7-9H,3-4H2,1-2H3. The fourth-order valence-corrected chi connectivity index (χ4v) is 1.29. The highest BCUT2D eigenvalue weighted by atomic mass is 16.6. The topological polar surface area (TPSA) is 64.6 Å². The summed E-state index contributed by atoms with van der Waals surface area (Å²) in [6.45, 7) is 3.75. The van der Waals surface area contributed by atoms with Gasteiger partial charge in [-0.25, -0.2) is 0 Å². The second-order valence-electron chi connectivity index (χ2n) is 2.95. The first-order valence-electron chi connectivity index (χ1n) is 4.14. The maximum atomic E-state index is 10.6. The number of hydrogen-bond acceptors (Lipinski definition) is 5. The average molecular weight is 187 g/mol. The molecule has 13 heavy (non-hydrogen) atoms. The fraction of sp³-hybridized carbons (Fsp3) is 0.750. The molecule has 0 aromatic carbocycles. The van der Waals surface area contributed by atoms with Crippen LogP contribution in [0.5, 0.6) is 0 Å². The predicted octanol–water partition coefficient (Wildman–Crippen LogP) is -0.547. The monoisotopic (exact) mass is 187 g/mol. The summed E-state index contributed by atoms with van der Waals surface area (Å²) in [5.41, 5.74) is 0. The molecule has 1 heterocycles. The van der Waals surface area contributed by atoms with Gasteiger partial charge in [-0.1, -0.05) is 0 Å². The lowest BCUT2D eigenvalue weighted by Gasteiger charge is -2.17. The number of rotatable bonds is 2. The third-order valence-corrected chi connectivity index (χ3v) is 1.74. The molecule has 0 radical (unpaired) electrons. The van der Waals surface area contributed by atoms with Gasteiger partial charge in [-0.3, -0.25) is 9.59 Å². The molecule has 5 nitrogen and oxygen atoms in total. The second kappa shape index (κ2) is 4.23. The molecule has 1 aliphatic heterocycles. The van der Waals surface area contributed by atoms with E-state index in [0.717, 1.165) is 0 Å². The highest BCUT2D eigenvalue weighted by Gasteiger charge is 2.31. The van der Waals surface area contributed by atoms with Gasteiger partial charge in [0.1, 0.15) is 0 Å². The van der Waals surface area contributed by atoms with Gasteiger partial charge in [-0.2, -0.15) is 0 Å². The van der Waals surface area contributed by atoms with Gasteiger partial charge in [0.05, 0.1) is 0 Å². The quantitative estimate of drug-likeness (QED) is 0.588. The van der Waals surface area contributed by atoms with Crippen molar-refractivity contribution in [3.8, 4) is 0 Å². The lowest BCUT2D eigenvalue weighted by atomic mass is 10.2. The Labute approximate surface area is 76.4 Å². The van der Waals surface area contributed by atoms with Crippen LogP contribution in [-0.2, 0) is 19.1 Å².